The van der Waals surface area contributed by atoms with Crippen molar-refractivity contribution in [3.63, 3.8) is 0 Å². The number of ether oxygens (including phenoxy) is 1. The molecular formula is C11H16Cl4N4O3. The summed E-state index contributed by atoms with van der Waals surface area (Å²) in [5.41, 5.74) is 5.08. The number of hydrogen-bond donors (Lipinski definition) is 3. The Hall–Kier alpha value is -0.990. The standard InChI is InChI=1S/C11H14Cl2N4O3.2ClH/c12-7-3-8(13)11(17-5-7)20-2-1-15-10(19)6-16-9(18)4-14;;/h3,5H,1-2,4,6,14H2,(H,15,19)(H,16,18);2*1H. The third-order valence-electron chi connectivity index (χ3n) is 2.07. The summed E-state index contributed by atoms with van der Waals surface area (Å²) in [7, 11) is 0. The first-order chi connectivity index (χ1) is 9.52. The van der Waals surface area contributed by atoms with Gasteiger partial charge in [-0.1, -0.05) is 23.2 Å². The number of nitrogens with one attached hydrogen (secondary N) is 2. The van der Waals surface area contributed by atoms with Gasteiger partial charge in [-0.05, 0) is 6.07 Å². The number of nitrogens with zero attached hydrogens (tertiary/aromatic N) is 1. The molecule has 0 saturated heterocycles. The molecule has 4 N–H and O–H groups in total. The lowest BCUT2D eigenvalue weighted by molar-refractivity contribution is -0.125. The Morgan fingerprint density at radius 2 is 1.91 bits per heavy atom. The van der Waals surface area contributed by atoms with Crippen molar-refractivity contribution in [1.29, 1.82) is 0 Å². The zero-order chi connectivity index (χ0) is 15.0. The number of amides is 2. The molecule has 0 spiro atoms. The summed E-state index contributed by atoms with van der Waals surface area (Å²) in [5.74, 6) is -0.499. The predicted octanol–water partition coefficient (Wildman–Crippen LogP) is 0.802. The number of rotatable bonds is 7. The van der Waals surface area contributed by atoms with Gasteiger partial charge in [0, 0.05) is 6.20 Å². The van der Waals surface area contributed by atoms with Crippen LogP contribution in [0.3, 0.4) is 0 Å². The fraction of sp³-hybridized carbons (Fsp3) is 0.364. The van der Waals surface area contributed by atoms with Crippen molar-refractivity contribution < 1.29 is 14.3 Å². The van der Waals surface area contributed by atoms with Crippen LogP contribution in [0.2, 0.25) is 10.0 Å². The molecule has 0 bridgehead atoms. The van der Waals surface area contributed by atoms with Crippen molar-refractivity contribution in [1.82, 2.24) is 15.6 Å². The molecule has 0 unspecified atom stereocenters. The normalized spacial score (nSPS) is 9.05. The number of aromatic nitrogens is 1. The summed E-state index contributed by atoms with van der Waals surface area (Å²) < 4.78 is 5.27. The van der Waals surface area contributed by atoms with Crippen LogP contribution in [0.5, 0.6) is 5.88 Å². The highest BCUT2D eigenvalue weighted by Crippen LogP contribution is 2.24. The molecule has 1 rings (SSSR count). The highest BCUT2D eigenvalue weighted by molar-refractivity contribution is 6.35. The van der Waals surface area contributed by atoms with Crippen molar-refractivity contribution in [3.05, 3.63) is 22.3 Å². The molecule has 126 valence electrons. The van der Waals surface area contributed by atoms with E-state index in [0.29, 0.717) is 10.0 Å². The molecule has 0 radical (unpaired) electrons. The first-order valence-electron chi connectivity index (χ1n) is 5.70. The van der Waals surface area contributed by atoms with E-state index in [4.69, 9.17) is 33.7 Å². The van der Waals surface area contributed by atoms with Crippen LogP contribution in [0.25, 0.3) is 0 Å². The monoisotopic (exact) mass is 392 g/mol. The smallest absolute Gasteiger partial charge is 0.239 e. The van der Waals surface area contributed by atoms with E-state index < -0.39 is 5.91 Å². The Labute approximate surface area is 150 Å². The second kappa shape index (κ2) is 12.5. The Balaban J connectivity index is 0. The summed E-state index contributed by atoms with van der Waals surface area (Å²) >= 11 is 11.5. The molecule has 0 saturated carbocycles. The summed E-state index contributed by atoms with van der Waals surface area (Å²) in [5, 5.41) is 5.59. The van der Waals surface area contributed by atoms with Gasteiger partial charge in [-0.15, -0.1) is 24.8 Å². The third kappa shape index (κ3) is 9.11. The largest absolute Gasteiger partial charge is 0.475 e. The first-order valence-corrected chi connectivity index (χ1v) is 6.46. The Morgan fingerprint density at radius 1 is 1.23 bits per heavy atom. The Kier molecular flexibility index (Phi) is 13.3. The fourth-order valence-electron chi connectivity index (χ4n) is 1.16. The fourth-order valence-corrected chi connectivity index (χ4v) is 1.59. The molecule has 11 heteroatoms. The third-order valence-corrected chi connectivity index (χ3v) is 2.55. The van der Waals surface area contributed by atoms with E-state index in [2.05, 4.69) is 15.6 Å². The van der Waals surface area contributed by atoms with E-state index in [1.165, 1.54) is 12.3 Å². The Morgan fingerprint density at radius 3 is 2.50 bits per heavy atom. The summed E-state index contributed by atoms with van der Waals surface area (Å²) in [6, 6.07) is 1.51. The van der Waals surface area contributed by atoms with E-state index in [1.54, 1.807) is 0 Å². The highest BCUT2D eigenvalue weighted by Gasteiger charge is 2.05. The van der Waals surface area contributed by atoms with Gasteiger partial charge >= 0.3 is 0 Å². The molecular weight excluding hydrogens is 378 g/mol. The number of carbonyl (C=O) groups excluding carboxylic acids is 2. The molecule has 1 heterocycles. The number of hydrogen-bond acceptors (Lipinski definition) is 5. The number of carbonyl (C=O) groups is 2. The van der Waals surface area contributed by atoms with Gasteiger partial charge in [-0.3, -0.25) is 9.59 Å². The number of halogens is 4. The van der Waals surface area contributed by atoms with Crippen LogP contribution in [-0.2, 0) is 9.59 Å². The van der Waals surface area contributed by atoms with E-state index >= 15 is 0 Å². The lowest BCUT2D eigenvalue weighted by Crippen LogP contribution is -2.40. The van der Waals surface area contributed by atoms with E-state index in [0.717, 1.165) is 0 Å². The quantitative estimate of drug-likeness (QED) is 0.594. The molecule has 0 aromatic carbocycles. The average molecular weight is 394 g/mol. The minimum absolute atomic E-state index is 0. The van der Waals surface area contributed by atoms with Crippen LogP contribution in [0.1, 0.15) is 0 Å². The topological polar surface area (TPSA) is 106 Å². The summed E-state index contributed by atoms with van der Waals surface area (Å²) in [4.78, 5) is 26.0. The van der Waals surface area contributed by atoms with Gasteiger partial charge < -0.3 is 21.1 Å². The van der Waals surface area contributed by atoms with Gasteiger partial charge in [0.2, 0.25) is 17.7 Å². The van der Waals surface area contributed by atoms with Crippen molar-refractivity contribution in [2.24, 2.45) is 5.73 Å². The van der Waals surface area contributed by atoms with Crippen molar-refractivity contribution in [2.75, 3.05) is 26.2 Å². The van der Waals surface area contributed by atoms with Gasteiger partial charge in [0.25, 0.3) is 0 Å². The number of nitrogens with two attached hydrogens (primary N) is 1. The van der Waals surface area contributed by atoms with Crippen LogP contribution >= 0.6 is 48.0 Å². The molecule has 7 nitrogen and oxygen atoms in total. The van der Waals surface area contributed by atoms with Gasteiger partial charge in [0.1, 0.15) is 11.6 Å². The maximum absolute atomic E-state index is 11.3. The van der Waals surface area contributed by atoms with Crippen molar-refractivity contribution >= 4 is 59.8 Å². The molecule has 1 aromatic rings. The first kappa shape index (κ1) is 23.3. The Bertz CT molecular complexity index is 490. The zero-order valence-corrected chi connectivity index (χ0v) is 14.4. The lowest BCUT2D eigenvalue weighted by Gasteiger charge is -2.08. The van der Waals surface area contributed by atoms with Crippen molar-refractivity contribution in [3.8, 4) is 5.88 Å². The lowest BCUT2D eigenvalue weighted by atomic mass is 10.5. The molecule has 2 amide bonds. The maximum atomic E-state index is 11.3. The second-order valence-electron chi connectivity index (χ2n) is 3.62. The molecule has 0 aliphatic heterocycles. The van der Waals surface area contributed by atoms with E-state index in [-0.39, 0.29) is 62.8 Å². The molecule has 0 fully saturated rings. The highest BCUT2D eigenvalue weighted by atomic mass is 35.5. The van der Waals surface area contributed by atoms with E-state index in [1.807, 2.05) is 0 Å². The average Bonchev–Trinajstić information content (AvgIpc) is 2.42. The van der Waals surface area contributed by atoms with Crippen LogP contribution in [0.4, 0.5) is 0 Å². The molecule has 0 aliphatic carbocycles. The minimum atomic E-state index is -0.395. The number of pyridine rings is 1. The van der Waals surface area contributed by atoms with Crippen LogP contribution in [0, 0.1) is 0 Å². The summed E-state index contributed by atoms with van der Waals surface area (Å²) in [6.45, 7) is 0.149. The second-order valence-corrected chi connectivity index (χ2v) is 4.46. The minimum Gasteiger partial charge on any atom is -0.475 e. The maximum Gasteiger partial charge on any atom is 0.239 e. The van der Waals surface area contributed by atoms with Gasteiger partial charge in [0.05, 0.1) is 24.7 Å². The van der Waals surface area contributed by atoms with Gasteiger partial charge in [-0.25, -0.2) is 4.98 Å². The predicted molar refractivity (Wildman–Crippen MR) is 89.3 cm³/mol. The SMILES string of the molecule is Cl.Cl.NCC(=O)NCC(=O)NCCOc1ncc(Cl)cc1Cl. The molecule has 1 aromatic heterocycles. The van der Waals surface area contributed by atoms with Gasteiger partial charge in [-0.2, -0.15) is 0 Å². The van der Waals surface area contributed by atoms with Crippen LogP contribution in [-0.4, -0.2) is 43.0 Å². The van der Waals surface area contributed by atoms with E-state index in [9.17, 15) is 9.59 Å². The zero-order valence-electron chi connectivity index (χ0n) is 11.3. The molecule has 0 aliphatic rings. The van der Waals surface area contributed by atoms with Crippen LogP contribution < -0.4 is 21.1 Å². The van der Waals surface area contributed by atoms with Crippen LogP contribution in [0.15, 0.2) is 12.3 Å². The van der Waals surface area contributed by atoms with Crippen molar-refractivity contribution in [2.45, 2.75) is 0 Å². The van der Waals surface area contributed by atoms with Gasteiger partial charge in [0.15, 0.2) is 0 Å². The summed E-state index contributed by atoms with van der Waals surface area (Å²) in [6.07, 6.45) is 1.41. The molecule has 0 atom stereocenters. The molecule has 22 heavy (non-hydrogen) atoms.